The van der Waals surface area contributed by atoms with E-state index in [-0.39, 0.29) is 0 Å². The van der Waals surface area contributed by atoms with Gasteiger partial charge >= 0.3 is 0 Å². The molecular weight excluding hydrogens is 217 g/mol. The van der Waals surface area contributed by atoms with Crippen molar-refractivity contribution in [2.45, 2.75) is 6.42 Å². The quantitative estimate of drug-likeness (QED) is 0.242. The molecule has 0 N–H and O–H groups in total. The van der Waals surface area contributed by atoms with Gasteiger partial charge in [-0.1, -0.05) is 28.6 Å². The average Bonchev–Trinajstić information content (AvgIpc) is 2.16. The number of rotatable bonds is 2. The molecule has 3 nitrogen and oxygen atoms in total. The zero-order valence-electron chi connectivity index (χ0n) is 7.74. The van der Waals surface area contributed by atoms with Gasteiger partial charge in [-0.25, -0.2) is 4.39 Å². The summed E-state index contributed by atoms with van der Waals surface area (Å²) in [7, 11) is 0. The molecule has 0 bridgehead atoms. The van der Waals surface area contributed by atoms with Crippen LogP contribution in [0.25, 0.3) is 10.4 Å². The number of hydrogen-bond acceptors (Lipinski definition) is 1. The minimum Gasteiger partial charge on any atom is -0.207 e. The summed E-state index contributed by atoms with van der Waals surface area (Å²) in [6, 6.07) is 4.09. The Kier molecular flexibility index (Phi) is 4.49. The summed E-state index contributed by atoms with van der Waals surface area (Å²) in [5.41, 5.74) is 8.51. The molecule has 0 fully saturated rings. The number of azide groups is 1. The number of halogens is 2. The van der Waals surface area contributed by atoms with Crippen LogP contribution in [0.5, 0.6) is 0 Å². The van der Waals surface area contributed by atoms with E-state index in [4.69, 9.17) is 17.1 Å². The maximum Gasteiger partial charge on any atom is 0.125 e. The summed E-state index contributed by atoms with van der Waals surface area (Å²) >= 11 is 5.64. The van der Waals surface area contributed by atoms with E-state index in [9.17, 15) is 4.39 Å². The van der Waals surface area contributed by atoms with Crippen LogP contribution in [-0.4, -0.2) is 6.54 Å². The van der Waals surface area contributed by atoms with Crippen molar-refractivity contribution in [2.24, 2.45) is 5.11 Å². The molecule has 15 heavy (non-hydrogen) atoms. The Balaban J connectivity index is 2.67. The van der Waals surface area contributed by atoms with Crippen LogP contribution < -0.4 is 0 Å². The fourth-order valence-electron chi connectivity index (χ4n) is 0.941. The first-order chi connectivity index (χ1) is 7.22. The average molecular weight is 224 g/mol. The minimum atomic E-state index is -0.415. The zero-order valence-corrected chi connectivity index (χ0v) is 8.50. The van der Waals surface area contributed by atoms with Gasteiger partial charge in [0.1, 0.15) is 5.82 Å². The highest BCUT2D eigenvalue weighted by Gasteiger charge is 1.95. The maximum atomic E-state index is 12.8. The van der Waals surface area contributed by atoms with Crippen LogP contribution in [0, 0.1) is 17.7 Å². The zero-order chi connectivity index (χ0) is 11.1. The summed E-state index contributed by atoms with van der Waals surface area (Å²) in [5, 5.41) is 3.63. The lowest BCUT2D eigenvalue weighted by atomic mass is 10.2. The normalized spacial score (nSPS) is 8.67. The highest BCUT2D eigenvalue weighted by molar-refractivity contribution is 6.30. The van der Waals surface area contributed by atoms with Crippen molar-refractivity contribution >= 4 is 11.6 Å². The van der Waals surface area contributed by atoms with Crippen molar-refractivity contribution in [3.05, 3.63) is 45.0 Å². The summed E-state index contributed by atoms with van der Waals surface area (Å²) in [6.45, 7) is 0.312. The molecule has 0 amide bonds. The van der Waals surface area contributed by atoms with Crippen LogP contribution in [0.15, 0.2) is 23.3 Å². The van der Waals surface area contributed by atoms with Gasteiger partial charge in [0.15, 0.2) is 0 Å². The third kappa shape index (κ3) is 4.37. The second kappa shape index (κ2) is 5.92. The lowest BCUT2D eigenvalue weighted by Gasteiger charge is -1.93. The fourth-order valence-corrected chi connectivity index (χ4v) is 1.16. The third-order valence-corrected chi connectivity index (χ3v) is 1.71. The Morgan fingerprint density at radius 1 is 1.47 bits per heavy atom. The fraction of sp³-hybridized carbons (Fsp3) is 0.200. The molecule has 0 saturated carbocycles. The highest BCUT2D eigenvalue weighted by atomic mass is 35.5. The standard InChI is InChI=1S/C10H7ClFN3/c11-9-5-8(6-10(12)7-9)3-1-2-4-14-15-13/h5-7H,2,4H2. The lowest BCUT2D eigenvalue weighted by molar-refractivity contribution is 0.627. The topological polar surface area (TPSA) is 48.8 Å². The van der Waals surface area contributed by atoms with E-state index in [1.54, 1.807) is 6.07 Å². The van der Waals surface area contributed by atoms with E-state index < -0.39 is 5.82 Å². The monoisotopic (exact) mass is 223 g/mol. The second-order valence-electron chi connectivity index (χ2n) is 2.66. The van der Waals surface area contributed by atoms with Gasteiger partial charge in [0.2, 0.25) is 0 Å². The summed E-state index contributed by atoms with van der Waals surface area (Å²) < 4.78 is 12.8. The molecule has 0 saturated heterocycles. The number of nitrogens with zero attached hydrogens (tertiary/aromatic N) is 3. The molecule has 0 unspecified atom stereocenters. The molecule has 1 rings (SSSR count). The Morgan fingerprint density at radius 2 is 2.27 bits per heavy atom. The summed E-state index contributed by atoms with van der Waals surface area (Å²) in [6.07, 6.45) is 0.443. The summed E-state index contributed by atoms with van der Waals surface area (Å²) in [4.78, 5) is 2.58. The van der Waals surface area contributed by atoms with Crippen molar-refractivity contribution in [3.8, 4) is 11.8 Å². The van der Waals surface area contributed by atoms with E-state index >= 15 is 0 Å². The molecule has 5 heteroatoms. The Bertz CT molecular complexity index is 435. The Labute approximate surface area is 91.5 Å². The first kappa shape index (κ1) is 11.4. The van der Waals surface area contributed by atoms with E-state index in [1.807, 2.05) is 0 Å². The van der Waals surface area contributed by atoms with Crippen LogP contribution in [-0.2, 0) is 0 Å². The van der Waals surface area contributed by atoms with Gasteiger partial charge < -0.3 is 0 Å². The van der Waals surface area contributed by atoms with Crippen molar-refractivity contribution in [3.63, 3.8) is 0 Å². The third-order valence-electron chi connectivity index (χ3n) is 1.50. The molecule has 0 aliphatic heterocycles. The molecule has 0 heterocycles. The molecule has 1 aromatic carbocycles. The van der Waals surface area contributed by atoms with Crippen molar-refractivity contribution in [1.29, 1.82) is 0 Å². The van der Waals surface area contributed by atoms with E-state index in [0.717, 1.165) is 0 Å². The van der Waals surface area contributed by atoms with E-state index in [2.05, 4.69) is 21.9 Å². The van der Waals surface area contributed by atoms with Crippen LogP contribution in [0.3, 0.4) is 0 Å². The van der Waals surface area contributed by atoms with Crippen molar-refractivity contribution in [1.82, 2.24) is 0 Å². The van der Waals surface area contributed by atoms with Crippen molar-refractivity contribution < 1.29 is 4.39 Å². The Morgan fingerprint density at radius 3 is 2.93 bits per heavy atom. The van der Waals surface area contributed by atoms with Crippen LogP contribution >= 0.6 is 11.6 Å². The smallest absolute Gasteiger partial charge is 0.125 e. The van der Waals surface area contributed by atoms with E-state index in [1.165, 1.54) is 12.1 Å². The predicted molar refractivity (Wildman–Crippen MR) is 56.9 cm³/mol. The number of benzene rings is 1. The SMILES string of the molecule is [N-]=[N+]=NCCC#Cc1cc(F)cc(Cl)c1. The second-order valence-corrected chi connectivity index (χ2v) is 3.10. The summed E-state index contributed by atoms with van der Waals surface area (Å²) in [5.74, 6) is 5.06. The van der Waals surface area contributed by atoms with Crippen LogP contribution in [0.2, 0.25) is 5.02 Å². The van der Waals surface area contributed by atoms with Gasteiger partial charge in [0, 0.05) is 28.5 Å². The number of hydrogen-bond donors (Lipinski definition) is 0. The molecule has 0 aliphatic carbocycles. The van der Waals surface area contributed by atoms with Gasteiger partial charge in [0.05, 0.1) is 0 Å². The largest absolute Gasteiger partial charge is 0.207 e. The first-order valence-electron chi connectivity index (χ1n) is 4.18. The van der Waals surface area contributed by atoms with Gasteiger partial charge in [-0.3, -0.25) is 0 Å². The van der Waals surface area contributed by atoms with Gasteiger partial charge in [-0.05, 0) is 23.7 Å². The van der Waals surface area contributed by atoms with Crippen LogP contribution in [0.1, 0.15) is 12.0 Å². The molecule has 0 aliphatic rings. The molecule has 0 atom stereocenters. The molecule has 76 valence electrons. The predicted octanol–water partition coefficient (Wildman–Crippen LogP) is 3.53. The molecular formula is C10H7ClFN3. The lowest BCUT2D eigenvalue weighted by Crippen LogP contribution is -1.80. The first-order valence-corrected chi connectivity index (χ1v) is 4.56. The molecule has 0 radical (unpaired) electrons. The van der Waals surface area contributed by atoms with Gasteiger partial charge in [-0.15, -0.1) is 0 Å². The van der Waals surface area contributed by atoms with E-state index in [0.29, 0.717) is 23.6 Å². The molecule has 1 aromatic rings. The van der Waals surface area contributed by atoms with Gasteiger partial charge in [0.25, 0.3) is 0 Å². The Hall–Kier alpha value is -1.69. The maximum absolute atomic E-state index is 12.8. The molecule has 0 spiro atoms. The van der Waals surface area contributed by atoms with Crippen molar-refractivity contribution in [2.75, 3.05) is 6.54 Å². The minimum absolute atomic E-state index is 0.312. The molecule has 0 aromatic heterocycles. The van der Waals surface area contributed by atoms with Gasteiger partial charge in [-0.2, -0.15) is 0 Å². The highest BCUT2D eigenvalue weighted by Crippen LogP contribution is 2.13. The van der Waals surface area contributed by atoms with Crippen LogP contribution in [0.4, 0.5) is 4.39 Å².